The van der Waals surface area contributed by atoms with Gasteiger partial charge in [-0.05, 0) is 54.1 Å². The summed E-state index contributed by atoms with van der Waals surface area (Å²) in [4.78, 5) is 0. The molecule has 18 heavy (non-hydrogen) atoms. The summed E-state index contributed by atoms with van der Waals surface area (Å²) >= 11 is 0. The highest BCUT2D eigenvalue weighted by atomic mass is 28.4. The number of hydrogen-bond acceptors (Lipinski definition) is 1. The molecule has 1 saturated carbocycles. The first-order chi connectivity index (χ1) is 8.21. The lowest BCUT2D eigenvalue weighted by Gasteiger charge is -2.36. The van der Waals surface area contributed by atoms with E-state index in [0.717, 1.165) is 17.6 Å². The smallest absolute Gasteiger partial charge is 0.250 e. The van der Waals surface area contributed by atoms with Gasteiger partial charge >= 0.3 is 0 Å². The van der Waals surface area contributed by atoms with Gasteiger partial charge in [0.05, 0.1) is 0 Å². The number of benzene rings is 1. The molecule has 0 saturated heterocycles. The first kappa shape index (κ1) is 13.7. The minimum Gasteiger partial charge on any atom is -0.543 e. The summed E-state index contributed by atoms with van der Waals surface area (Å²) in [5, 5.41) is 0.260. The Morgan fingerprint density at radius 3 is 2.33 bits per heavy atom. The molecule has 0 amide bonds. The van der Waals surface area contributed by atoms with E-state index in [1.54, 1.807) is 0 Å². The lowest BCUT2D eigenvalue weighted by Crippen LogP contribution is -2.43. The van der Waals surface area contributed by atoms with Crippen LogP contribution in [0.2, 0.25) is 18.1 Å². The fraction of sp³-hybridized carbons (Fsp3) is 0.625. The third kappa shape index (κ3) is 2.80. The summed E-state index contributed by atoms with van der Waals surface area (Å²) in [6.45, 7) is 13.8. The molecule has 0 heterocycles. The molecule has 0 aliphatic heterocycles. The Labute approximate surface area is 113 Å². The third-order valence-corrected chi connectivity index (χ3v) is 8.93. The van der Waals surface area contributed by atoms with Gasteiger partial charge in [0, 0.05) is 0 Å². The molecule has 100 valence electrons. The quantitative estimate of drug-likeness (QED) is 0.681. The largest absolute Gasteiger partial charge is 0.543 e. The van der Waals surface area contributed by atoms with E-state index in [9.17, 15) is 0 Å². The van der Waals surface area contributed by atoms with E-state index in [-0.39, 0.29) is 5.04 Å². The van der Waals surface area contributed by atoms with Crippen LogP contribution in [-0.2, 0) is 0 Å². The van der Waals surface area contributed by atoms with Crippen LogP contribution in [0.25, 0.3) is 0 Å². The van der Waals surface area contributed by atoms with Gasteiger partial charge in [0.1, 0.15) is 5.75 Å². The van der Waals surface area contributed by atoms with Crippen molar-refractivity contribution in [3.63, 3.8) is 0 Å². The Bertz CT molecular complexity index is 431. The Hall–Kier alpha value is -0.763. The van der Waals surface area contributed by atoms with Gasteiger partial charge in [-0.3, -0.25) is 0 Å². The molecule has 2 rings (SSSR count). The van der Waals surface area contributed by atoms with Crippen LogP contribution in [0, 0.1) is 5.92 Å². The maximum atomic E-state index is 6.36. The van der Waals surface area contributed by atoms with Gasteiger partial charge in [-0.1, -0.05) is 39.8 Å². The fourth-order valence-corrected chi connectivity index (χ4v) is 3.07. The van der Waals surface area contributed by atoms with Crippen LogP contribution < -0.4 is 4.43 Å². The van der Waals surface area contributed by atoms with E-state index >= 15 is 0 Å². The van der Waals surface area contributed by atoms with Crippen LogP contribution in [-0.4, -0.2) is 8.32 Å². The van der Waals surface area contributed by atoms with E-state index in [4.69, 9.17) is 4.43 Å². The molecule has 1 fully saturated rings. The van der Waals surface area contributed by atoms with Crippen molar-refractivity contribution < 1.29 is 4.43 Å². The Balaban J connectivity index is 2.15. The first-order valence-corrected chi connectivity index (χ1v) is 9.90. The topological polar surface area (TPSA) is 9.23 Å². The van der Waals surface area contributed by atoms with E-state index in [2.05, 4.69) is 65.1 Å². The standard InChI is InChI=1S/C16H26OSi/c1-12-10-15(12)13-8-7-9-14(11-13)17-18(5,6)16(2,3)4/h7-9,11-12,15H,10H2,1-6H3. The lowest BCUT2D eigenvalue weighted by molar-refractivity contribution is 0.491. The molecule has 1 aliphatic carbocycles. The van der Waals surface area contributed by atoms with Gasteiger partial charge in [0.25, 0.3) is 0 Å². The zero-order valence-electron chi connectivity index (χ0n) is 12.6. The van der Waals surface area contributed by atoms with Crippen LogP contribution in [0.3, 0.4) is 0 Å². The van der Waals surface area contributed by atoms with Gasteiger partial charge in [-0.15, -0.1) is 0 Å². The van der Waals surface area contributed by atoms with Crippen molar-refractivity contribution in [2.24, 2.45) is 5.92 Å². The van der Waals surface area contributed by atoms with Crippen molar-refractivity contribution in [3.8, 4) is 5.75 Å². The summed E-state index contributed by atoms with van der Waals surface area (Å²) in [5.41, 5.74) is 1.46. The second-order valence-corrected chi connectivity index (χ2v) is 12.0. The van der Waals surface area contributed by atoms with Crippen molar-refractivity contribution >= 4 is 8.32 Å². The summed E-state index contributed by atoms with van der Waals surface area (Å²) in [5.74, 6) is 2.69. The molecular formula is C16H26OSi. The van der Waals surface area contributed by atoms with Gasteiger partial charge in [-0.2, -0.15) is 0 Å². The second kappa shape index (κ2) is 4.41. The lowest BCUT2D eigenvalue weighted by atomic mass is 10.1. The van der Waals surface area contributed by atoms with Crippen LogP contribution >= 0.6 is 0 Å². The van der Waals surface area contributed by atoms with Crippen molar-refractivity contribution in [1.82, 2.24) is 0 Å². The predicted molar refractivity (Wildman–Crippen MR) is 80.8 cm³/mol. The van der Waals surface area contributed by atoms with Crippen LogP contribution in [0.15, 0.2) is 24.3 Å². The second-order valence-electron chi connectivity index (χ2n) is 7.25. The van der Waals surface area contributed by atoms with E-state index in [1.165, 1.54) is 12.0 Å². The highest BCUT2D eigenvalue weighted by molar-refractivity contribution is 6.74. The Morgan fingerprint density at radius 2 is 1.83 bits per heavy atom. The highest BCUT2D eigenvalue weighted by Gasteiger charge is 2.39. The molecular weight excluding hydrogens is 236 g/mol. The van der Waals surface area contributed by atoms with Crippen LogP contribution in [0.4, 0.5) is 0 Å². The van der Waals surface area contributed by atoms with Crippen molar-refractivity contribution in [2.45, 2.75) is 58.2 Å². The van der Waals surface area contributed by atoms with Gasteiger partial charge < -0.3 is 4.43 Å². The van der Waals surface area contributed by atoms with Crippen molar-refractivity contribution in [1.29, 1.82) is 0 Å². The summed E-state index contributed by atoms with van der Waals surface area (Å²) in [6, 6.07) is 8.75. The molecule has 1 aromatic rings. The molecule has 2 heteroatoms. The molecule has 1 aliphatic rings. The van der Waals surface area contributed by atoms with E-state index < -0.39 is 8.32 Å². The highest BCUT2D eigenvalue weighted by Crippen LogP contribution is 2.47. The van der Waals surface area contributed by atoms with Crippen molar-refractivity contribution in [3.05, 3.63) is 29.8 Å². The molecule has 1 nitrogen and oxygen atoms in total. The Kier molecular flexibility index (Phi) is 3.35. The van der Waals surface area contributed by atoms with E-state index in [0.29, 0.717) is 0 Å². The Morgan fingerprint density at radius 1 is 1.22 bits per heavy atom. The van der Waals surface area contributed by atoms with Crippen LogP contribution in [0.5, 0.6) is 5.75 Å². The molecule has 0 radical (unpaired) electrons. The minimum atomic E-state index is -1.70. The number of hydrogen-bond donors (Lipinski definition) is 0. The minimum absolute atomic E-state index is 0.260. The molecule has 2 unspecified atom stereocenters. The molecule has 1 aromatic carbocycles. The third-order valence-electron chi connectivity index (χ3n) is 4.57. The maximum Gasteiger partial charge on any atom is 0.250 e. The maximum absolute atomic E-state index is 6.36. The SMILES string of the molecule is CC1CC1c1cccc(O[Si](C)(C)C(C)(C)C)c1. The number of rotatable bonds is 3. The van der Waals surface area contributed by atoms with Crippen molar-refractivity contribution in [2.75, 3.05) is 0 Å². The molecule has 0 spiro atoms. The normalized spacial score (nSPS) is 23.9. The summed E-state index contributed by atoms with van der Waals surface area (Å²) in [6.07, 6.45) is 1.34. The molecule has 2 atom stereocenters. The molecule has 0 aromatic heterocycles. The average molecular weight is 262 g/mol. The van der Waals surface area contributed by atoms with Gasteiger partial charge in [-0.25, -0.2) is 0 Å². The van der Waals surface area contributed by atoms with Crippen LogP contribution in [0.1, 0.15) is 45.6 Å². The van der Waals surface area contributed by atoms with Gasteiger partial charge in [0.15, 0.2) is 0 Å². The van der Waals surface area contributed by atoms with E-state index in [1.807, 2.05) is 0 Å². The fourth-order valence-electron chi connectivity index (χ4n) is 2.04. The average Bonchev–Trinajstić information content (AvgIpc) is 2.93. The first-order valence-electron chi connectivity index (χ1n) is 7.00. The summed E-state index contributed by atoms with van der Waals surface area (Å²) in [7, 11) is -1.70. The zero-order valence-corrected chi connectivity index (χ0v) is 13.6. The van der Waals surface area contributed by atoms with Gasteiger partial charge in [0.2, 0.25) is 8.32 Å². The molecule has 0 bridgehead atoms. The monoisotopic (exact) mass is 262 g/mol. The zero-order chi connectivity index (χ0) is 13.6. The summed E-state index contributed by atoms with van der Waals surface area (Å²) < 4.78 is 6.36. The molecule has 0 N–H and O–H groups in total. The predicted octanol–water partition coefficient (Wildman–Crippen LogP) is 5.19.